The number of rotatable bonds is 3. The summed E-state index contributed by atoms with van der Waals surface area (Å²) in [6, 6.07) is 8.35. The minimum Gasteiger partial charge on any atom is -0.428 e. The summed E-state index contributed by atoms with van der Waals surface area (Å²) in [7, 11) is 0. The summed E-state index contributed by atoms with van der Waals surface area (Å²) in [6.45, 7) is 11.5. The van der Waals surface area contributed by atoms with Gasteiger partial charge in [0, 0.05) is 31.0 Å². The molecule has 0 amide bonds. The van der Waals surface area contributed by atoms with Gasteiger partial charge in [0.05, 0.1) is 0 Å². The van der Waals surface area contributed by atoms with Crippen LogP contribution in [0.5, 0.6) is 0 Å². The van der Waals surface area contributed by atoms with Gasteiger partial charge in [-0.1, -0.05) is 69.3 Å². The van der Waals surface area contributed by atoms with Crippen LogP contribution in [0.2, 0.25) is 5.02 Å². The fourth-order valence-corrected chi connectivity index (χ4v) is 3.01. The number of nitrogens with zero attached hydrogens (tertiary/aromatic N) is 2. The van der Waals surface area contributed by atoms with E-state index in [4.69, 9.17) is 16.3 Å². The molecule has 0 atom stereocenters. The number of halogens is 1. The molecule has 2 aliphatic rings. The number of hydrogen-bond donors (Lipinski definition) is 2. The Balaban J connectivity index is 0.000000412. The Morgan fingerprint density at radius 3 is 2.73 bits per heavy atom. The lowest BCUT2D eigenvalue weighted by molar-refractivity contribution is -0.119. The van der Waals surface area contributed by atoms with E-state index in [0.29, 0.717) is 50.2 Å². The van der Waals surface area contributed by atoms with Crippen molar-refractivity contribution < 1.29 is 9.53 Å². The summed E-state index contributed by atoms with van der Waals surface area (Å²) in [6.07, 6.45) is 11.3. The lowest BCUT2D eigenvalue weighted by atomic mass is 10.1. The molecule has 0 spiro atoms. The van der Waals surface area contributed by atoms with Crippen molar-refractivity contribution in [3.63, 3.8) is 0 Å². The van der Waals surface area contributed by atoms with Crippen molar-refractivity contribution in [1.29, 1.82) is 0 Å². The fourth-order valence-electron chi connectivity index (χ4n) is 2.80. The van der Waals surface area contributed by atoms with Gasteiger partial charge in [-0.25, -0.2) is 4.99 Å². The maximum atomic E-state index is 11.6. The van der Waals surface area contributed by atoms with Gasteiger partial charge in [-0.05, 0) is 43.0 Å². The van der Waals surface area contributed by atoms with Crippen LogP contribution < -0.4 is 10.6 Å². The predicted molar refractivity (Wildman–Crippen MR) is 140 cm³/mol. The third-order valence-corrected chi connectivity index (χ3v) is 4.72. The second kappa shape index (κ2) is 17.7. The van der Waals surface area contributed by atoms with Crippen molar-refractivity contribution in [3.05, 3.63) is 71.5 Å². The highest BCUT2D eigenvalue weighted by molar-refractivity contribution is 6.30. The lowest BCUT2D eigenvalue weighted by Gasteiger charge is -2.13. The molecule has 1 aromatic carbocycles. The lowest BCUT2D eigenvalue weighted by Crippen LogP contribution is -2.42. The Kier molecular flexibility index (Phi) is 15.1. The van der Waals surface area contributed by atoms with Crippen molar-refractivity contribution in [2.24, 2.45) is 9.98 Å². The average molecular weight is 473 g/mol. The summed E-state index contributed by atoms with van der Waals surface area (Å²) in [5.74, 6) is 1.66. The van der Waals surface area contributed by atoms with Crippen molar-refractivity contribution in [3.8, 4) is 0 Å². The number of allylic oxidation sites excluding steroid dienone is 4. The number of guanidine groups is 1. The molecule has 2 heterocycles. The smallest absolute Gasteiger partial charge is 0.297 e. The molecule has 0 saturated heterocycles. The maximum Gasteiger partial charge on any atom is 0.297 e. The van der Waals surface area contributed by atoms with E-state index in [9.17, 15) is 4.79 Å². The van der Waals surface area contributed by atoms with Gasteiger partial charge in [0.1, 0.15) is 18.1 Å². The molecule has 0 unspecified atom stereocenters. The molecule has 180 valence electrons. The second-order valence-corrected chi connectivity index (χ2v) is 7.42. The van der Waals surface area contributed by atoms with Gasteiger partial charge in [0.15, 0.2) is 5.96 Å². The van der Waals surface area contributed by atoms with E-state index in [0.717, 1.165) is 30.0 Å². The fraction of sp³-hybridized carbons (Fsp3) is 0.423. The zero-order valence-electron chi connectivity index (χ0n) is 20.1. The zero-order chi connectivity index (χ0) is 24.3. The number of carbonyl (C=O) groups excluding carboxylic acids is 1. The summed E-state index contributed by atoms with van der Waals surface area (Å²) in [5, 5.41) is 6.99. The van der Waals surface area contributed by atoms with Gasteiger partial charge >= 0.3 is 0 Å². The van der Waals surface area contributed by atoms with Crippen LogP contribution in [0.4, 0.5) is 0 Å². The van der Waals surface area contributed by atoms with Gasteiger partial charge in [0.25, 0.3) is 6.02 Å². The van der Waals surface area contributed by atoms with Crippen LogP contribution in [-0.4, -0.2) is 37.4 Å². The van der Waals surface area contributed by atoms with E-state index in [2.05, 4.69) is 40.2 Å². The number of nitrogens with one attached hydrogen (secondary N) is 2. The molecule has 0 fully saturated rings. The van der Waals surface area contributed by atoms with E-state index in [1.165, 1.54) is 5.56 Å². The summed E-state index contributed by atoms with van der Waals surface area (Å²) >= 11 is 5.72. The molecule has 33 heavy (non-hydrogen) atoms. The van der Waals surface area contributed by atoms with E-state index in [1.54, 1.807) is 6.08 Å². The minimum absolute atomic E-state index is 0.294. The molecule has 0 saturated carbocycles. The minimum atomic E-state index is 0.294. The van der Waals surface area contributed by atoms with E-state index >= 15 is 0 Å². The first-order chi connectivity index (χ1) is 16.1. The molecule has 2 N–H and O–H groups in total. The Hall–Kier alpha value is -2.86. The standard InChI is InChI=1S/C16H22N4O2.C8H9Cl.C2H6/c1-2-3-4-8-14-12-19-16(22-14)20-15-17-10-6-5-7-13(21)9-11-18-15;1-2-7-4-3-5-8(9)6-7;1-2/h2-4,8H,1,5-7,9-12H2,(H2,17,18,19,20);3-6H,2H2,1H3;1-2H3/b4-3-,14-8+;;. The van der Waals surface area contributed by atoms with E-state index in [1.807, 2.05) is 50.3 Å². The summed E-state index contributed by atoms with van der Waals surface area (Å²) in [5.41, 5.74) is 1.29. The molecular weight excluding hydrogens is 436 g/mol. The average Bonchev–Trinajstić information content (AvgIpc) is 3.27. The van der Waals surface area contributed by atoms with Crippen molar-refractivity contribution in [2.45, 2.75) is 52.9 Å². The molecule has 7 heteroatoms. The van der Waals surface area contributed by atoms with Gasteiger partial charge in [0.2, 0.25) is 0 Å². The topological polar surface area (TPSA) is 75.1 Å². The summed E-state index contributed by atoms with van der Waals surface area (Å²) < 4.78 is 5.59. The first kappa shape index (κ1) is 28.2. The largest absolute Gasteiger partial charge is 0.428 e. The number of amidine groups is 1. The molecule has 2 aliphatic heterocycles. The molecule has 0 radical (unpaired) electrons. The number of aryl methyl sites for hydroxylation is 1. The number of Topliss-reactive ketones (excluding diaryl/α,β-unsaturated/α-hetero) is 1. The monoisotopic (exact) mass is 472 g/mol. The van der Waals surface area contributed by atoms with E-state index < -0.39 is 0 Å². The maximum absolute atomic E-state index is 11.6. The SMILES string of the molecule is C=C/C=C\C=C1/CN=C(NC2=NCCCCC(=O)CCN2)O1.CC.CCc1cccc(Cl)c1. The Bertz CT molecular complexity index is 860. The van der Waals surface area contributed by atoms with Crippen LogP contribution in [0, 0.1) is 0 Å². The number of aliphatic imine (C=N–C) groups is 2. The molecule has 3 rings (SSSR count). The van der Waals surface area contributed by atoms with Crippen LogP contribution >= 0.6 is 11.6 Å². The van der Waals surface area contributed by atoms with Gasteiger partial charge in [-0.15, -0.1) is 0 Å². The molecule has 0 aliphatic carbocycles. The molecule has 1 aromatic rings. The second-order valence-electron chi connectivity index (χ2n) is 6.99. The van der Waals surface area contributed by atoms with Gasteiger partial charge in [-0.3, -0.25) is 15.1 Å². The normalized spacial score (nSPS) is 17.3. The number of ether oxygens (including phenoxy) is 1. The summed E-state index contributed by atoms with van der Waals surface area (Å²) in [4.78, 5) is 20.3. The first-order valence-corrected chi connectivity index (χ1v) is 12.0. The quantitative estimate of drug-likeness (QED) is 0.561. The highest BCUT2D eigenvalue weighted by Gasteiger charge is 2.15. The van der Waals surface area contributed by atoms with Crippen LogP contribution in [0.1, 0.15) is 52.0 Å². The van der Waals surface area contributed by atoms with Crippen molar-refractivity contribution >= 4 is 29.4 Å². The Morgan fingerprint density at radius 1 is 1.21 bits per heavy atom. The van der Waals surface area contributed by atoms with Gasteiger partial charge in [-0.2, -0.15) is 0 Å². The first-order valence-electron chi connectivity index (χ1n) is 11.6. The number of ketones is 1. The Labute approximate surface area is 203 Å². The van der Waals surface area contributed by atoms with Crippen LogP contribution in [-0.2, 0) is 16.0 Å². The third-order valence-electron chi connectivity index (χ3n) is 4.49. The zero-order valence-corrected chi connectivity index (χ0v) is 20.8. The highest BCUT2D eigenvalue weighted by atomic mass is 35.5. The van der Waals surface area contributed by atoms with Gasteiger partial charge < -0.3 is 10.1 Å². The number of hydrogen-bond acceptors (Lipinski definition) is 6. The predicted octanol–water partition coefficient (Wildman–Crippen LogP) is 5.61. The van der Waals surface area contributed by atoms with Crippen molar-refractivity contribution in [2.75, 3.05) is 19.6 Å². The highest BCUT2D eigenvalue weighted by Crippen LogP contribution is 2.10. The number of benzene rings is 1. The van der Waals surface area contributed by atoms with Crippen LogP contribution in [0.25, 0.3) is 0 Å². The molecular formula is C26H37ClN4O2. The third kappa shape index (κ3) is 12.7. The van der Waals surface area contributed by atoms with Crippen LogP contribution in [0.15, 0.2) is 70.9 Å². The molecule has 6 nitrogen and oxygen atoms in total. The van der Waals surface area contributed by atoms with Crippen LogP contribution in [0.3, 0.4) is 0 Å². The molecule has 0 bridgehead atoms. The van der Waals surface area contributed by atoms with E-state index in [-0.39, 0.29) is 0 Å². The Morgan fingerprint density at radius 2 is 2.03 bits per heavy atom. The number of carbonyl (C=O) groups is 1. The molecule has 0 aromatic heterocycles. The van der Waals surface area contributed by atoms with Crippen molar-refractivity contribution in [1.82, 2.24) is 10.6 Å².